The van der Waals surface area contributed by atoms with Gasteiger partial charge in [0, 0.05) is 6.26 Å². The topological polar surface area (TPSA) is 80.3 Å². The molecule has 0 saturated heterocycles. The number of aryl methyl sites for hydroxylation is 2. The third-order valence-corrected chi connectivity index (χ3v) is 6.21. The molecule has 0 aliphatic rings. The predicted octanol–water partition coefficient (Wildman–Crippen LogP) is 3.16. The van der Waals surface area contributed by atoms with Crippen LogP contribution in [0.4, 0.5) is 5.69 Å². The highest BCUT2D eigenvalue weighted by Gasteiger charge is 2.19. The summed E-state index contributed by atoms with van der Waals surface area (Å²) in [6.07, 6.45) is 1.05. The number of sulfone groups is 1. The number of sulfonamides is 1. The van der Waals surface area contributed by atoms with Crippen molar-refractivity contribution < 1.29 is 16.8 Å². The average Bonchev–Trinajstić information content (AvgIpc) is 2.42. The Morgan fingerprint density at radius 1 is 0.913 bits per heavy atom. The second kappa shape index (κ2) is 6.14. The van der Waals surface area contributed by atoms with E-state index in [4.69, 9.17) is 11.6 Å². The maximum absolute atomic E-state index is 12.4. The molecule has 0 atom stereocenters. The van der Waals surface area contributed by atoms with Gasteiger partial charge >= 0.3 is 0 Å². The summed E-state index contributed by atoms with van der Waals surface area (Å²) < 4.78 is 50.6. The number of nitrogens with one attached hydrogen (secondary N) is 1. The van der Waals surface area contributed by atoms with Gasteiger partial charge in [-0.15, -0.1) is 0 Å². The average molecular weight is 374 g/mol. The second-order valence-electron chi connectivity index (χ2n) is 5.29. The van der Waals surface area contributed by atoms with E-state index in [1.807, 2.05) is 6.92 Å². The zero-order valence-corrected chi connectivity index (χ0v) is 15.2. The van der Waals surface area contributed by atoms with E-state index in [9.17, 15) is 16.8 Å². The van der Waals surface area contributed by atoms with Gasteiger partial charge in [0.2, 0.25) is 0 Å². The van der Waals surface area contributed by atoms with Crippen molar-refractivity contribution in [2.75, 3.05) is 11.0 Å². The highest BCUT2D eigenvalue weighted by molar-refractivity contribution is 7.92. The Kier molecular flexibility index (Phi) is 4.75. The fourth-order valence-corrected chi connectivity index (χ4v) is 3.94. The van der Waals surface area contributed by atoms with E-state index in [1.165, 1.54) is 24.3 Å². The lowest BCUT2D eigenvalue weighted by Crippen LogP contribution is -2.14. The van der Waals surface area contributed by atoms with Crippen LogP contribution in [0.25, 0.3) is 0 Å². The normalized spacial score (nSPS) is 12.2. The largest absolute Gasteiger partial charge is 0.278 e. The molecule has 0 aliphatic heterocycles. The number of hydrogen-bond acceptors (Lipinski definition) is 4. The van der Waals surface area contributed by atoms with E-state index >= 15 is 0 Å². The zero-order chi connectivity index (χ0) is 17.4. The monoisotopic (exact) mass is 373 g/mol. The molecule has 0 fully saturated rings. The summed E-state index contributed by atoms with van der Waals surface area (Å²) in [5, 5.41) is 0.160. The molecule has 8 heteroatoms. The maximum Gasteiger partial charge on any atom is 0.261 e. The highest BCUT2D eigenvalue weighted by atomic mass is 35.5. The molecule has 2 aromatic carbocycles. The molecular formula is C15H16ClNO4S2. The van der Waals surface area contributed by atoms with Crippen molar-refractivity contribution in [2.24, 2.45) is 0 Å². The summed E-state index contributed by atoms with van der Waals surface area (Å²) in [6, 6.07) is 8.91. The van der Waals surface area contributed by atoms with Gasteiger partial charge in [-0.1, -0.05) is 29.3 Å². The molecule has 2 aromatic rings. The number of anilines is 1. The SMILES string of the molecule is Cc1ccc(S(=O)(=O)Nc2cc(S(C)(=O)=O)cc(C)c2Cl)cc1. The number of benzene rings is 2. The van der Waals surface area contributed by atoms with E-state index in [2.05, 4.69) is 4.72 Å². The van der Waals surface area contributed by atoms with Gasteiger partial charge < -0.3 is 0 Å². The summed E-state index contributed by atoms with van der Waals surface area (Å²) in [5.41, 5.74) is 1.43. The first-order valence-electron chi connectivity index (χ1n) is 6.60. The van der Waals surface area contributed by atoms with Crippen molar-refractivity contribution in [1.29, 1.82) is 0 Å². The lowest BCUT2D eigenvalue weighted by atomic mass is 10.2. The third-order valence-electron chi connectivity index (χ3n) is 3.23. The van der Waals surface area contributed by atoms with Gasteiger partial charge in [0.25, 0.3) is 10.0 Å². The van der Waals surface area contributed by atoms with Crippen molar-refractivity contribution in [3.8, 4) is 0 Å². The van der Waals surface area contributed by atoms with Gasteiger partial charge in [-0.25, -0.2) is 16.8 Å². The van der Waals surface area contributed by atoms with E-state index in [1.54, 1.807) is 19.1 Å². The standard InChI is InChI=1S/C15H16ClNO4S2/c1-10-4-6-12(7-5-10)23(20,21)17-14-9-13(22(3,18)19)8-11(2)15(14)16/h4-9,17H,1-3H3. The third kappa shape index (κ3) is 4.04. The van der Waals surface area contributed by atoms with Gasteiger partial charge in [0.1, 0.15) is 0 Å². The molecule has 0 radical (unpaired) electrons. The molecule has 23 heavy (non-hydrogen) atoms. The van der Waals surface area contributed by atoms with Crippen LogP contribution in [0.2, 0.25) is 5.02 Å². The predicted molar refractivity (Wildman–Crippen MR) is 91.3 cm³/mol. The van der Waals surface area contributed by atoms with Gasteiger partial charge in [0.05, 0.1) is 20.5 Å². The quantitative estimate of drug-likeness (QED) is 0.892. The van der Waals surface area contributed by atoms with Crippen LogP contribution in [-0.2, 0) is 19.9 Å². The Morgan fingerprint density at radius 3 is 2.00 bits per heavy atom. The van der Waals surface area contributed by atoms with Crippen molar-refractivity contribution in [3.05, 3.63) is 52.5 Å². The number of hydrogen-bond donors (Lipinski definition) is 1. The van der Waals surface area contributed by atoms with Crippen molar-refractivity contribution in [2.45, 2.75) is 23.6 Å². The molecule has 0 heterocycles. The fourth-order valence-electron chi connectivity index (χ4n) is 1.95. The summed E-state index contributed by atoms with van der Waals surface area (Å²) in [4.78, 5) is 0.0718. The van der Waals surface area contributed by atoms with Crippen LogP contribution in [0.1, 0.15) is 11.1 Å². The van der Waals surface area contributed by atoms with Crippen LogP contribution >= 0.6 is 11.6 Å². The Labute approximate surface area is 141 Å². The Morgan fingerprint density at radius 2 is 1.48 bits per heavy atom. The summed E-state index contributed by atoms with van der Waals surface area (Å²) in [6.45, 7) is 3.46. The Balaban J connectivity index is 2.51. The second-order valence-corrected chi connectivity index (χ2v) is 9.37. The van der Waals surface area contributed by atoms with Crippen LogP contribution in [0.15, 0.2) is 46.2 Å². The fraction of sp³-hybridized carbons (Fsp3) is 0.200. The Hall–Kier alpha value is -1.57. The summed E-state index contributed by atoms with van der Waals surface area (Å²) >= 11 is 6.11. The maximum atomic E-state index is 12.4. The zero-order valence-electron chi connectivity index (χ0n) is 12.8. The van der Waals surface area contributed by atoms with Crippen LogP contribution in [-0.4, -0.2) is 23.1 Å². The molecule has 0 unspecified atom stereocenters. The Bertz CT molecular complexity index is 950. The van der Waals surface area contributed by atoms with Crippen molar-refractivity contribution in [3.63, 3.8) is 0 Å². The van der Waals surface area contributed by atoms with Gasteiger partial charge in [-0.2, -0.15) is 0 Å². The van der Waals surface area contributed by atoms with Crippen LogP contribution < -0.4 is 4.72 Å². The van der Waals surface area contributed by atoms with Crippen LogP contribution in [0.3, 0.4) is 0 Å². The van der Waals surface area contributed by atoms with Gasteiger partial charge in [0.15, 0.2) is 9.84 Å². The minimum atomic E-state index is -3.86. The smallest absolute Gasteiger partial charge is 0.261 e. The minimum Gasteiger partial charge on any atom is -0.278 e. The van der Waals surface area contributed by atoms with Gasteiger partial charge in [-0.3, -0.25) is 4.72 Å². The van der Waals surface area contributed by atoms with Crippen molar-refractivity contribution >= 4 is 37.1 Å². The first kappa shape index (κ1) is 17.8. The number of rotatable bonds is 4. The first-order valence-corrected chi connectivity index (χ1v) is 10.4. The highest BCUT2D eigenvalue weighted by Crippen LogP contribution is 2.31. The lowest BCUT2D eigenvalue weighted by molar-refractivity contribution is 0.599. The molecule has 0 amide bonds. The molecule has 0 bridgehead atoms. The molecular weight excluding hydrogens is 358 g/mol. The van der Waals surface area contributed by atoms with Crippen LogP contribution in [0.5, 0.6) is 0 Å². The van der Waals surface area contributed by atoms with Gasteiger partial charge in [-0.05, 0) is 43.7 Å². The number of halogens is 1. The molecule has 5 nitrogen and oxygen atoms in total. The molecule has 2 rings (SSSR count). The van der Waals surface area contributed by atoms with E-state index in [0.29, 0.717) is 5.56 Å². The molecule has 1 N–H and O–H groups in total. The van der Waals surface area contributed by atoms with E-state index in [0.717, 1.165) is 11.8 Å². The molecule has 0 aromatic heterocycles. The van der Waals surface area contributed by atoms with Crippen molar-refractivity contribution in [1.82, 2.24) is 0 Å². The molecule has 0 aliphatic carbocycles. The summed E-state index contributed by atoms with van der Waals surface area (Å²) in [7, 11) is -7.34. The first-order chi connectivity index (χ1) is 10.5. The van der Waals surface area contributed by atoms with E-state index < -0.39 is 19.9 Å². The van der Waals surface area contributed by atoms with Crippen LogP contribution in [0, 0.1) is 13.8 Å². The van der Waals surface area contributed by atoms with E-state index in [-0.39, 0.29) is 20.5 Å². The minimum absolute atomic E-state index is 0.000932. The lowest BCUT2D eigenvalue weighted by Gasteiger charge is -2.13. The molecule has 0 saturated carbocycles. The molecule has 0 spiro atoms. The summed E-state index contributed by atoms with van der Waals surface area (Å²) in [5.74, 6) is 0. The molecule has 124 valence electrons.